The second kappa shape index (κ2) is 6.29. The molecule has 2 aliphatic rings. The molecular weight excluding hydrogens is 264 g/mol. The summed E-state index contributed by atoms with van der Waals surface area (Å²) < 4.78 is 0. The van der Waals surface area contributed by atoms with Crippen LogP contribution in [0, 0.1) is 0 Å². The van der Waals surface area contributed by atoms with Gasteiger partial charge in [0.2, 0.25) is 5.78 Å². The van der Waals surface area contributed by atoms with Crippen molar-refractivity contribution >= 4 is 17.3 Å². The van der Waals surface area contributed by atoms with Gasteiger partial charge in [-0.2, -0.15) is 0 Å². The zero-order valence-corrected chi connectivity index (χ0v) is 12.2. The lowest BCUT2D eigenvalue weighted by molar-refractivity contribution is 0.0959. The van der Waals surface area contributed by atoms with E-state index in [4.69, 9.17) is 0 Å². The van der Waals surface area contributed by atoms with Crippen LogP contribution in [0.3, 0.4) is 0 Å². The van der Waals surface area contributed by atoms with Gasteiger partial charge in [0.25, 0.3) is 0 Å². The van der Waals surface area contributed by atoms with Crippen molar-refractivity contribution in [2.45, 2.75) is 57.4 Å². The Morgan fingerprint density at radius 3 is 2.52 bits per heavy atom. The molecule has 0 aliphatic heterocycles. The Bertz CT molecular complexity index is 584. The zero-order chi connectivity index (χ0) is 14.7. The summed E-state index contributed by atoms with van der Waals surface area (Å²) in [7, 11) is 0. The number of nitrogens with zero attached hydrogens (tertiary/aromatic N) is 2. The van der Waals surface area contributed by atoms with E-state index < -0.39 is 0 Å². The molecule has 1 saturated carbocycles. The van der Waals surface area contributed by atoms with E-state index in [2.05, 4.69) is 9.98 Å². The Labute approximate surface area is 124 Å². The molecule has 21 heavy (non-hydrogen) atoms. The van der Waals surface area contributed by atoms with E-state index in [1.165, 1.54) is 32.1 Å². The standard InChI is InChI=1S/C17H20N2O2/c20-15-11-14(17(21)13-9-6-10-18-16(13)15)19-12-7-4-2-1-3-5-8-12/h6,9-10,12H,1-5,7-8,11H2. The summed E-state index contributed by atoms with van der Waals surface area (Å²) >= 11 is 0. The van der Waals surface area contributed by atoms with Crippen LogP contribution in [0.4, 0.5) is 0 Å². The number of hydrogen-bond acceptors (Lipinski definition) is 4. The number of carbonyl (C=O) groups is 2. The molecule has 0 amide bonds. The highest BCUT2D eigenvalue weighted by atomic mass is 16.1. The molecule has 3 rings (SSSR count). The minimum absolute atomic E-state index is 0.0882. The van der Waals surface area contributed by atoms with E-state index in [0.717, 1.165) is 12.8 Å². The second-order valence-electron chi connectivity index (χ2n) is 5.90. The molecule has 0 saturated heterocycles. The first-order valence-electron chi connectivity index (χ1n) is 7.85. The normalized spacial score (nSPS) is 22.8. The fourth-order valence-electron chi connectivity index (χ4n) is 3.17. The molecule has 0 atom stereocenters. The first kappa shape index (κ1) is 14.1. The lowest BCUT2D eigenvalue weighted by Crippen LogP contribution is -2.29. The number of hydrogen-bond donors (Lipinski definition) is 0. The van der Waals surface area contributed by atoms with Gasteiger partial charge in [-0.1, -0.05) is 32.1 Å². The highest BCUT2D eigenvalue weighted by Crippen LogP contribution is 2.23. The molecule has 0 bridgehead atoms. The van der Waals surface area contributed by atoms with Gasteiger partial charge < -0.3 is 0 Å². The van der Waals surface area contributed by atoms with Gasteiger partial charge in [0.05, 0.1) is 23.7 Å². The second-order valence-corrected chi connectivity index (χ2v) is 5.90. The SMILES string of the molecule is O=C1C(=NC2CCCCCCC2)CC(=O)c2ncccc21. The summed E-state index contributed by atoms with van der Waals surface area (Å²) in [4.78, 5) is 33.3. The lowest BCUT2D eigenvalue weighted by atomic mass is 9.91. The molecule has 4 heteroatoms. The van der Waals surface area contributed by atoms with Crippen LogP contribution in [0.25, 0.3) is 0 Å². The molecule has 0 spiro atoms. The first-order chi connectivity index (χ1) is 10.3. The fraction of sp³-hybridized carbons (Fsp3) is 0.529. The fourth-order valence-corrected chi connectivity index (χ4v) is 3.17. The summed E-state index contributed by atoms with van der Waals surface area (Å²) in [5.74, 6) is -0.199. The third kappa shape index (κ3) is 3.09. The van der Waals surface area contributed by atoms with Crippen molar-refractivity contribution in [2.75, 3.05) is 0 Å². The van der Waals surface area contributed by atoms with Crippen molar-refractivity contribution in [3.05, 3.63) is 29.6 Å². The molecule has 1 fully saturated rings. The quantitative estimate of drug-likeness (QED) is 0.794. The van der Waals surface area contributed by atoms with Gasteiger partial charge >= 0.3 is 0 Å². The van der Waals surface area contributed by atoms with Crippen molar-refractivity contribution in [1.29, 1.82) is 0 Å². The van der Waals surface area contributed by atoms with Crippen LogP contribution in [0.15, 0.2) is 23.3 Å². The molecule has 0 unspecified atom stereocenters. The van der Waals surface area contributed by atoms with Crippen molar-refractivity contribution in [2.24, 2.45) is 4.99 Å². The zero-order valence-electron chi connectivity index (χ0n) is 12.2. The number of pyridine rings is 1. The van der Waals surface area contributed by atoms with Crippen LogP contribution in [0.2, 0.25) is 0 Å². The highest BCUT2D eigenvalue weighted by molar-refractivity contribution is 6.52. The van der Waals surface area contributed by atoms with E-state index >= 15 is 0 Å². The molecule has 110 valence electrons. The topological polar surface area (TPSA) is 59.4 Å². The Hall–Kier alpha value is -1.84. The summed E-state index contributed by atoms with van der Waals surface area (Å²) in [5.41, 5.74) is 1.16. The number of ketones is 2. The monoisotopic (exact) mass is 284 g/mol. The molecule has 2 aliphatic carbocycles. The van der Waals surface area contributed by atoms with Crippen LogP contribution < -0.4 is 0 Å². The Balaban J connectivity index is 1.84. The summed E-state index contributed by atoms with van der Waals surface area (Å²) in [6.07, 6.45) is 9.88. The third-order valence-corrected chi connectivity index (χ3v) is 4.32. The lowest BCUT2D eigenvalue weighted by Gasteiger charge is -2.19. The van der Waals surface area contributed by atoms with Crippen LogP contribution in [-0.4, -0.2) is 28.3 Å². The van der Waals surface area contributed by atoms with E-state index in [0.29, 0.717) is 17.0 Å². The number of carbonyl (C=O) groups excluding carboxylic acids is 2. The first-order valence-corrected chi connectivity index (χ1v) is 7.85. The van der Waals surface area contributed by atoms with Crippen molar-refractivity contribution in [3.63, 3.8) is 0 Å². The Kier molecular flexibility index (Phi) is 4.23. The van der Waals surface area contributed by atoms with Gasteiger partial charge in [-0.05, 0) is 25.0 Å². The van der Waals surface area contributed by atoms with E-state index in [-0.39, 0.29) is 24.0 Å². The maximum absolute atomic E-state index is 12.5. The summed E-state index contributed by atoms with van der Waals surface area (Å²) in [6, 6.07) is 3.58. The number of aliphatic imine (C=N–C) groups is 1. The minimum atomic E-state index is -0.111. The minimum Gasteiger partial charge on any atom is -0.292 e. The van der Waals surface area contributed by atoms with Gasteiger partial charge in [0.1, 0.15) is 5.69 Å². The van der Waals surface area contributed by atoms with Gasteiger partial charge in [0, 0.05) is 6.20 Å². The predicted molar refractivity (Wildman–Crippen MR) is 81.1 cm³/mol. The van der Waals surface area contributed by atoms with Crippen molar-refractivity contribution in [1.82, 2.24) is 4.98 Å². The maximum atomic E-state index is 12.5. The predicted octanol–water partition coefficient (Wildman–Crippen LogP) is 3.40. The molecule has 1 aromatic heterocycles. The average molecular weight is 284 g/mol. The number of fused-ring (bicyclic) bond motifs is 1. The van der Waals surface area contributed by atoms with Crippen LogP contribution in [0.5, 0.6) is 0 Å². The van der Waals surface area contributed by atoms with Crippen LogP contribution >= 0.6 is 0 Å². The van der Waals surface area contributed by atoms with E-state index in [9.17, 15) is 9.59 Å². The molecule has 0 N–H and O–H groups in total. The number of Topliss-reactive ketones (excluding diaryl/α,β-unsaturated/α-hetero) is 2. The van der Waals surface area contributed by atoms with Crippen LogP contribution in [0.1, 0.15) is 72.2 Å². The van der Waals surface area contributed by atoms with Gasteiger partial charge in [-0.3, -0.25) is 19.6 Å². The smallest absolute Gasteiger partial charge is 0.209 e. The molecule has 1 heterocycles. The number of rotatable bonds is 1. The summed E-state index contributed by atoms with van der Waals surface area (Å²) in [6.45, 7) is 0. The van der Waals surface area contributed by atoms with E-state index in [1.807, 2.05) is 0 Å². The molecular formula is C17H20N2O2. The van der Waals surface area contributed by atoms with Crippen molar-refractivity contribution in [3.8, 4) is 0 Å². The Morgan fingerprint density at radius 1 is 1.05 bits per heavy atom. The maximum Gasteiger partial charge on any atom is 0.209 e. The summed E-state index contributed by atoms with van der Waals surface area (Å²) in [5, 5.41) is 0. The number of aromatic nitrogens is 1. The van der Waals surface area contributed by atoms with Crippen LogP contribution in [-0.2, 0) is 0 Å². The third-order valence-electron chi connectivity index (χ3n) is 4.32. The Morgan fingerprint density at radius 2 is 1.76 bits per heavy atom. The van der Waals surface area contributed by atoms with Crippen molar-refractivity contribution < 1.29 is 9.59 Å². The largest absolute Gasteiger partial charge is 0.292 e. The molecule has 1 aromatic rings. The van der Waals surface area contributed by atoms with Gasteiger partial charge in [-0.25, -0.2) is 0 Å². The van der Waals surface area contributed by atoms with E-state index in [1.54, 1.807) is 18.3 Å². The highest BCUT2D eigenvalue weighted by Gasteiger charge is 2.30. The van der Waals surface area contributed by atoms with Gasteiger partial charge in [0.15, 0.2) is 5.78 Å². The average Bonchev–Trinajstić information content (AvgIpc) is 2.47. The molecule has 4 nitrogen and oxygen atoms in total. The molecule has 0 aromatic carbocycles. The van der Waals surface area contributed by atoms with Gasteiger partial charge in [-0.15, -0.1) is 0 Å². The molecule has 0 radical (unpaired) electrons.